The Labute approximate surface area is 100 Å². The Bertz CT molecular complexity index is 401. The van der Waals surface area contributed by atoms with E-state index in [2.05, 4.69) is 5.32 Å². The van der Waals surface area contributed by atoms with Crippen LogP contribution in [-0.2, 0) is 11.3 Å². The molecule has 0 saturated carbocycles. The van der Waals surface area contributed by atoms with Gasteiger partial charge in [-0.1, -0.05) is 19.1 Å². The second-order valence-corrected chi connectivity index (χ2v) is 3.74. The van der Waals surface area contributed by atoms with Gasteiger partial charge >= 0.3 is 0 Å². The molecule has 0 saturated heterocycles. The fourth-order valence-corrected chi connectivity index (χ4v) is 1.41. The predicted molar refractivity (Wildman–Crippen MR) is 65.1 cm³/mol. The van der Waals surface area contributed by atoms with Gasteiger partial charge in [0.25, 0.3) is 5.91 Å². The van der Waals surface area contributed by atoms with Crippen LogP contribution >= 0.6 is 0 Å². The van der Waals surface area contributed by atoms with Gasteiger partial charge in [-0.3, -0.25) is 9.59 Å². The number of nitrogens with one attached hydrogen (secondary N) is 1. The van der Waals surface area contributed by atoms with Crippen LogP contribution in [0.2, 0.25) is 0 Å². The first kappa shape index (κ1) is 13.2. The molecule has 5 nitrogen and oxygen atoms in total. The molecule has 0 radical (unpaired) electrons. The highest BCUT2D eigenvalue weighted by atomic mass is 16.2. The number of hydrogen-bond acceptors (Lipinski definition) is 3. The lowest BCUT2D eigenvalue weighted by Gasteiger charge is -2.13. The van der Waals surface area contributed by atoms with Crippen molar-refractivity contribution in [1.82, 2.24) is 5.32 Å². The van der Waals surface area contributed by atoms with Gasteiger partial charge in [0.2, 0.25) is 5.91 Å². The molecular formula is C12H17N3O2. The highest BCUT2D eigenvalue weighted by Crippen LogP contribution is 2.04. The smallest absolute Gasteiger partial charge is 0.251 e. The van der Waals surface area contributed by atoms with E-state index in [9.17, 15) is 9.59 Å². The first-order valence-corrected chi connectivity index (χ1v) is 5.47. The standard InChI is InChI=1S/C12H17N3O2/c1-2-10(11(14)16)15-12(17)9-5-3-8(7-13)4-6-9/h3-6,10H,2,7,13H2,1H3,(H2,14,16)(H,15,17). The van der Waals surface area contributed by atoms with Crippen molar-refractivity contribution in [3.8, 4) is 0 Å². The molecule has 0 aliphatic rings. The van der Waals surface area contributed by atoms with Crippen molar-refractivity contribution >= 4 is 11.8 Å². The molecule has 1 atom stereocenters. The van der Waals surface area contributed by atoms with Gasteiger partial charge in [-0.25, -0.2) is 0 Å². The number of carbonyl (C=O) groups is 2. The third kappa shape index (κ3) is 3.57. The third-order valence-electron chi connectivity index (χ3n) is 2.51. The summed E-state index contributed by atoms with van der Waals surface area (Å²) in [4.78, 5) is 22.8. The third-order valence-corrected chi connectivity index (χ3v) is 2.51. The average Bonchev–Trinajstić information content (AvgIpc) is 2.35. The van der Waals surface area contributed by atoms with Crippen LogP contribution in [0.5, 0.6) is 0 Å². The van der Waals surface area contributed by atoms with Gasteiger partial charge in [0.1, 0.15) is 6.04 Å². The number of carbonyl (C=O) groups excluding carboxylic acids is 2. The Morgan fingerprint density at radius 1 is 1.29 bits per heavy atom. The number of amides is 2. The van der Waals surface area contributed by atoms with E-state index in [1.54, 1.807) is 31.2 Å². The van der Waals surface area contributed by atoms with E-state index in [-0.39, 0.29) is 5.91 Å². The van der Waals surface area contributed by atoms with Crippen molar-refractivity contribution in [2.45, 2.75) is 25.9 Å². The molecule has 0 aromatic heterocycles. The largest absolute Gasteiger partial charge is 0.368 e. The summed E-state index contributed by atoms with van der Waals surface area (Å²) >= 11 is 0. The molecule has 0 aliphatic heterocycles. The van der Waals surface area contributed by atoms with E-state index in [0.29, 0.717) is 18.5 Å². The van der Waals surface area contributed by atoms with Gasteiger partial charge in [-0.2, -0.15) is 0 Å². The Kier molecular flexibility index (Phi) is 4.66. The first-order chi connectivity index (χ1) is 8.08. The monoisotopic (exact) mass is 235 g/mol. The summed E-state index contributed by atoms with van der Waals surface area (Å²) in [6.45, 7) is 2.22. The van der Waals surface area contributed by atoms with Gasteiger partial charge in [-0.15, -0.1) is 0 Å². The van der Waals surface area contributed by atoms with Crippen LogP contribution in [0.25, 0.3) is 0 Å². The van der Waals surface area contributed by atoms with E-state index in [0.717, 1.165) is 5.56 Å². The van der Waals surface area contributed by atoms with Gasteiger partial charge in [0, 0.05) is 12.1 Å². The minimum Gasteiger partial charge on any atom is -0.368 e. The van der Waals surface area contributed by atoms with E-state index >= 15 is 0 Å². The van der Waals surface area contributed by atoms with Crippen molar-refractivity contribution in [2.24, 2.45) is 11.5 Å². The van der Waals surface area contributed by atoms with Crippen LogP contribution in [-0.4, -0.2) is 17.9 Å². The maximum absolute atomic E-state index is 11.8. The molecule has 92 valence electrons. The lowest BCUT2D eigenvalue weighted by atomic mass is 10.1. The zero-order valence-electron chi connectivity index (χ0n) is 9.77. The lowest BCUT2D eigenvalue weighted by molar-refractivity contribution is -0.119. The van der Waals surface area contributed by atoms with Crippen LogP contribution in [0.3, 0.4) is 0 Å². The minimum absolute atomic E-state index is 0.306. The average molecular weight is 235 g/mol. The summed E-state index contributed by atoms with van der Waals surface area (Å²) in [5.41, 5.74) is 12.0. The zero-order valence-corrected chi connectivity index (χ0v) is 9.77. The van der Waals surface area contributed by atoms with Crippen LogP contribution in [0.15, 0.2) is 24.3 Å². The maximum atomic E-state index is 11.8. The van der Waals surface area contributed by atoms with Crippen molar-refractivity contribution in [3.05, 3.63) is 35.4 Å². The second-order valence-electron chi connectivity index (χ2n) is 3.74. The van der Waals surface area contributed by atoms with E-state index in [1.165, 1.54) is 0 Å². The first-order valence-electron chi connectivity index (χ1n) is 5.47. The SMILES string of the molecule is CCC(NC(=O)c1ccc(CN)cc1)C(N)=O. The Morgan fingerprint density at radius 2 is 1.88 bits per heavy atom. The van der Waals surface area contributed by atoms with Crippen molar-refractivity contribution in [2.75, 3.05) is 0 Å². The van der Waals surface area contributed by atoms with Gasteiger partial charge in [0.05, 0.1) is 0 Å². The molecule has 0 heterocycles. The molecule has 0 spiro atoms. The molecule has 5 heteroatoms. The number of rotatable bonds is 5. The summed E-state index contributed by atoms with van der Waals surface area (Å²) in [5, 5.41) is 2.58. The summed E-state index contributed by atoms with van der Waals surface area (Å²) in [6.07, 6.45) is 0.474. The van der Waals surface area contributed by atoms with Gasteiger partial charge in [0.15, 0.2) is 0 Å². The van der Waals surface area contributed by atoms with Crippen LogP contribution in [0, 0.1) is 0 Å². The van der Waals surface area contributed by atoms with Crippen molar-refractivity contribution < 1.29 is 9.59 Å². The molecule has 1 aromatic rings. The molecule has 1 unspecified atom stereocenters. The number of primary amides is 1. The predicted octanol–water partition coefficient (Wildman–Crippen LogP) is 0.139. The summed E-state index contributed by atoms with van der Waals surface area (Å²) in [5.74, 6) is -0.835. The topological polar surface area (TPSA) is 98.2 Å². The molecule has 5 N–H and O–H groups in total. The number of hydrogen-bond donors (Lipinski definition) is 3. The van der Waals surface area contributed by atoms with E-state index in [4.69, 9.17) is 11.5 Å². The molecule has 1 rings (SSSR count). The lowest BCUT2D eigenvalue weighted by Crippen LogP contribution is -2.43. The summed E-state index contributed by atoms with van der Waals surface area (Å²) < 4.78 is 0. The highest BCUT2D eigenvalue weighted by molar-refractivity contribution is 5.97. The summed E-state index contributed by atoms with van der Waals surface area (Å²) in [7, 11) is 0. The Morgan fingerprint density at radius 3 is 2.29 bits per heavy atom. The van der Waals surface area contributed by atoms with Crippen LogP contribution < -0.4 is 16.8 Å². The molecular weight excluding hydrogens is 218 g/mol. The molecule has 2 amide bonds. The zero-order chi connectivity index (χ0) is 12.8. The van der Waals surface area contributed by atoms with Gasteiger partial charge < -0.3 is 16.8 Å². The fraction of sp³-hybridized carbons (Fsp3) is 0.333. The van der Waals surface area contributed by atoms with E-state index in [1.807, 2.05) is 0 Å². The normalized spacial score (nSPS) is 11.9. The quantitative estimate of drug-likeness (QED) is 0.677. The Balaban J connectivity index is 2.72. The molecule has 0 fully saturated rings. The highest BCUT2D eigenvalue weighted by Gasteiger charge is 2.16. The van der Waals surface area contributed by atoms with Crippen LogP contribution in [0.4, 0.5) is 0 Å². The van der Waals surface area contributed by atoms with E-state index < -0.39 is 11.9 Å². The number of nitrogens with two attached hydrogens (primary N) is 2. The molecule has 0 aliphatic carbocycles. The van der Waals surface area contributed by atoms with Gasteiger partial charge in [-0.05, 0) is 24.1 Å². The molecule has 0 bridgehead atoms. The molecule has 1 aromatic carbocycles. The maximum Gasteiger partial charge on any atom is 0.251 e. The number of benzene rings is 1. The second kappa shape index (κ2) is 6.00. The fourth-order valence-electron chi connectivity index (χ4n) is 1.41. The summed E-state index contributed by atoms with van der Waals surface area (Å²) in [6, 6.07) is 6.27. The van der Waals surface area contributed by atoms with Crippen molar-refractivity contribution in [3.63, 3.8) is 0 Å². The van der Waals surface area contributed by atoms with Crippen molar-refractivity contribution in [1.29, 1.82) is 0 Å². The Hall–Kier alpha value is -1.88. The van der Waals surface area contributed by atoms with Crippen LogP contribution in [0.1, 0.15) is 29.3 Å². The molecule has 17 heavy (non-hydrogen) atoms. The minimum atomic E-state index is -0.628.